The molecule has 1 atom stereocenters. The van der Waals surface area contributed by atoms with Crippen molar-refractivity contribution in [3.05, 3.63) is 0 Å². The molecule has 1 aliphatic heterocycles. The zero-order valence-electron chi connectivity index (χ0n) is 5.58. The van der Waals surface area contributed by atoms with Gasteiger partial charge in [0.15, 0.2) is 6.40 Å². The van der Waals surface area contributed by atoms with Crippen LogP contribution in [0.1, 0.15) is 0 Å². The van der Waals surface area contributed by atoms with Crippen LogP contribution >= 0.6 is 0 Å². The normalized spacial score (nSPS) is 22.6. The summed E-state index contributed by atoms with van der Waals surface area (Å²) in [4.78, 5) is 10.3. The smallest absolute Gasteiger partial charge is 0.447 e. The first-order valence-electron chi connectivity index (χ1n) is 2.76. The molecule has 0 bridgehead atoms. The molecule has 0 aliphatic carbocycles. The fourth-order valence-corrected chi connectivity index (χ4v) is 0.642. The Morgan fingerprint density at radius 3 is 2.58 bits per heavy atom. The first-order chi connectivity index (χ1) is 5.43. The average Bonchev–Trinajstić information content (AvgIpc) is 2.30. The second-order valence-electron chi connectivity index (χ2n) is 1.93. The van der Waals surface area contributed by atoms with Crippen LogP contribution in [-0.4, -0.2) is 29.8 Å². The van der Waals surface area contributed by atoms with Gasteiger partial charge >= 0.3 is 12.2 Å². The van der Waals surface area contributed by atoms with Crippen LogP contribution in [0.25, 0.3) is 0 Å². The molecule has 1 rings (SSSR count). The molecular weight excluding hydrogens is 179 g/mol. The molecule has 12 heavy (non-hydrogen) atoms. The molecular formula is C4H4F3N3O2. The number of amides is 2. The van der Waals surface area contributed by atoms with Crippen molar-refractivity contribution in [3.8, 4) is 0 Å². The van der Waals surface area contributed by atoms with Gasteiger partial charge in [-0.1, -0.05) is 0 Å². The van der Waals surface area contributed by atoms with E-state index in [0.29, 0.717) is 6.40 Å². The van der Waals surface area contributed by atoms with Gasteiger partial charge in [0.1, 0.15) is 0 Å². The second kappa shape index (κ2) is 2.54. The third-order valence-electron chi connectivity index (χ3n) is 1.09. The number of nitrogens with two attached hydrogens (primary N) is 1. The fraction of sp³-hybridized carbons (Fsp3) is 0.500. The number of carbonyl (C=O) groups excluding carboxylic acids is 1. The Morgan fingerprint density at radius 2 is 2.25 bits per heavy atom. The van der Waals surface area contributed by atoms with Crippen molar-refractivity contribution < 1.29 is 22.7 Å². The molecule has 0 aromatic carbocycles. The second-order valence-corrected chi connectivity index (χ2v) is 1.93. The molecule has 1 heterocycles. The zero-order valence-corrected chi connectivity index (χ0v) is 5.58. The molecule has 0 fully saturated rings. The van der Waals surface area contributed by atoms with Gasteiger partial charge in [-0.05, 0) is 0 Å². The maximum Gasteiger partial charge on any atom is 0.447 e. The first-order valence-corrected chi connectivity index (χ1v) is 2.76. The summed E-state index contributed by atoms with van der Waals surface area (Å²) in [6, 6.07) is -1.31. The van der Waals surface area contributed by atoms with Crippen molar-refractivity contribution in [1.82, 2.24) is 5.01 Å². The van der Waals surface area contributed by atoms with Gasteiger partial charge in [-0.25, -0.2) is 4.79 Å². The third-order valence-corrected chi connectivity index (χ3v) is 1.09. The Kier molecular flexibility index (Phi) is 1.82. The average molecular weight is 183 g/mol. The third kappa shape index (κ3) is 1.41. The van der Waals surface area contributed by atoms with Crippen molar-refractivity contribution in [2.75, 3.05) is 0 Å². The summed E-state index contributed by atoms with van der Waals surface area (Å²) in [6.45, 7) is 0. The van der Waals surface area contributed by atoms with E-state index in [0.717, 1.165) is 0 Å². The molecule has 5 nitrogen and oxygen atoms in total. The van der Waals surface area contributed by atoms with Crippen molar-refractivity contribution >= 4 is 12.4 Å². The van der Waals surface area contributed by atoms with Gasteiger partial charge in [0.05, 0.1) is 0 Å². The van der Waals surface area contributed by atoms with Gasteiger partial charge in [0, 0.05) is 0 Å². The van der Waals surface area contributed by atoms with Crippen LogP contribution in [0.3, 0.4) is 0 Å². The highest BCUT2D eigenvalue weighted by atomic mass is 19.4. The highest BCUT2D eigenvalue weighted by molar-refractivity contribution is 5.74. The number of alkyl halides is 3. The number of halogens is 3. The number of nitrogens with zero attached hydrogens (tertiary/aromatic N) is 2. The SMILES string of the molecule is NC(=O)N1N=COC1C(F)(F)F. The lowest BCUT2D eigenvalue weighted by Crippen LogP contribution is -2.46. The van der Waals surface area contributed by atoms with E-state index in [2.05, 4.69) is 15.6 Å². The minimum atomic E-state index is -4.69. The predicted octanol–water partition coefficient (Wildman–Crippen LogP) is 0.229. The largest absolute Gasteiger partial charge is 0.447 e. The molecule has 2 N–H and O–H groups in total. The van der Waals surface area contributed by atoms with E-state index in [4.69, 9.17) is 0 Å². The van der Waals surface area contributed by atoms with Crippen molar-refractivity contribution in [2.45, 2.75) is 12.4 Å². The fourth-order valence-electron chi connectivity index (χ4n) is 0.642. The molecule has 8 heteroatoms. The van der Waals surface area contributed by atoms with Crippen molar-refractivity contribution in [1.29, 1.82) is 0 Å². The van der Waals surface area contributed by atoms with Crippen LogP contribution in [0.5, 0.6) is 0 Å². The zero-order chi connectivity index (χ0) is 9.35. The number of primary amides is 1. The summed E-state index contributed by atoms with van der Waals surface area (Å²) in [5.74, 6) is 0. The van der Waals surface area contributed by atoms with Gasteiger partial charge in [-0.3, -0.25) is 0 Å². The van der Waals surface area contributed by atoms with E-state index in [9.17, 15) is 18.0 Å². The summed E-state index contributed by atoms with van der Waals surface area (Å²) < 4.78 is 39.7. The summed E-state index contributed by atoms with van der Waals surface area (Å²) in [6.07, 6.45) is -6.57. The number of carbonyl (C=O) groups is 1. The Labute approximate surface area is 64.6 Å². The number of rotatable bonds is 0. The number of ether oxygens (including phenoxy) is 1. The highest BCUT2D eigenvalue weighted by Gasteiger charge is 2.49. The van der Waals surface area contributed by atoms with Crippen LogP contribution in [0.2, 0.25) is 0 Å². The van der Waals surface area contributed by atoms with E-state index in [1.165, 1.54) is 0 Å². The summed E-state index contributed by atoms with van der Waals surface area (Å²) in [5, 5.41) is 2.99. The standard InChI is InChI=1S/C4H4F3N3O2/c5-4(6,7)2-10(3(8)11)9-1-12-2/h1-2H,(H2,8,11). The van der Waals surface area contributed by atoms with Crippen LogP contribution in [-0.2, 0) is 4.74 Å². The van der Waals surface area contributed by atoms with Gasteiger partial charge in [0.25, 0.3) is 6.23 Å². The van der Waals surface area contributed by atoms with Gasteiger partial charge in [-0.2, -0.15) is 18.2 Å². The lowest BCUT2D eigenvalue weighted by molar-refractivity contribution is -0.224. The molecule has 0 aromatic heterocycles. The number of hydrogen-bond acceptors (Lipinski definition) is 3. The van der Waals surface area contributed by atoms with Crippen LogP contribution < -0.4 is 5.73 Å². The van der Waals surface area contributed by atoms with Crippen LogP contribution in [0, 0.1) is 0 Å². The molecule has 0 aromatic rings. The maximum atomic E-state index is 11.9. The molecule has 2 amide bonds. The summed E-state index contributed by atoms with van der Waals surface area (Å²) >= 11 is 0. The topological polar surface area (TPSA) is 67.9 Å². The van der Waals surface area contributed by atoms with Gasteiger partial charge in [0.2, 0.25) is 0 Å². The molecule has 0 spiro atoms. The van der Waals surface area contributed by atoms with Crippen molar-refractivity contribution in [3.63, 3.8) is 0 Å². The Morgan fingerprint density at radius 1 is 1.67 bits per heavy atom. The van der Waals surface area contributed by atoms with Crippen LogP contribution in [0.4, 0.5) is 18.0 Å². The monoisotopic (exact) mass is 183 g/mol. The van der Waals surface area contributed by atoms with Crippen LogP contribution in [0.15, 0.2) is 5.10 Å². The number of hydrogen-bond donors (Lipinski definition) is 1. The molecule has 1 unspecified atom stereocenters. The minimum Gasteiger partial charge on any atom is -0.447 e. The summed E-state index contributed by atoms with van der Waals surface area (Å²) in [5.41, 5.74) is 4.58. The number of hydrazone groups is 1. The Hall–Kier alpha value is -1.47. The molecule has 0 saturated carbocycles. The lowest BCUT2D eigenvalue weighted by atomic mass is 10.5. The molecule has 0 radical (unpaired) electrons. The Balaban J connectivity index is 2.75. The predicted molar refractivity (Wildman–Crippen MR) is 30.8 cm³/mol. The number of urea groups is 1. The van der Waals surface area contributed by atoms with E-state index < -0.39 is 18.4 Å². The highest BCUT2D eigenvalue weighted by Crippen LogP contribution is 2.27. The molecule has 68 valence electrons. The van der Waals surface area contributed by atoms with E-state index in [1.807, 2.05) is 0 Å². The lowest BCUT2D eigenvalue weighted by Gasteiger charge is -2.20. The van der Waals surface area contributed by atoms with Gasteiger partial charge in [-0.15, -0.1) is 5.10 Å². The van der Waals surface area contributed by atoms with Crippen molar-refractivity contribution in [2.24, 2.45) is 10.8 Å². The molecule has 1 aliphatic rings. The quantitative estimate of drug-likeness (QED) is 0.584. The van der Waals surface area contributed by atoms with E-state index >= 15 is 0 Å². The maximum absolute atomic E-state index is 11.9. The minimum absolute atomic E-state index is 0.0139. The van der Waals surface area contributed by atoms with E-state index in [1.54, 1.807) is 0 Å². The first kappa shape index (κ1) is 8.62. The summed E-state index contributed by atoms with van der Waals surface area (Å²) in [7, 11) is 0. The van der Waals surface area contributed by atoms with Gasteiger partial charge < -0.3 is 10.5 Å². The molecule has 0 saturated heterocycles. The van der Waals surface area contributed by atoms with E-state index in [-0.39, 0.29) is 5.01 Å². The Bertz CT molecular complexity index is 226.